The largest absolute Gasteiger partial charge is 0.378 e. The standard InChI is InChI=1S/C15H22O2Si/c1-13(15(16)10-11-18(2,3)4)17-12-14-8-6-5-7-9-14/h5-9,13,15-16H,12H2,1-4H3/t13-,15?/m0/s1. The minimum Gasteiger partial charge on any atom is -0.378 e. The second kappa shape index (κ2) is 6.74. The van der Waals surface area contributed by atoms with Crippen molar-refractivity contribution in [3.05, 3.63) is 35.9 Å². The van der Waals surface area contributed by atoms with E-state index in [9.17, 15) is 5.11 Å². The van der Waals surface area contributed by atoms with Gasteiger partial charge in [-0.25, -0.2) is 0 Å². The normalized spacial score (nSPS) is 14.5. The summed E-state index contributed by atoms with van der Waals surface area (Å²) in [5.41, 5.74) is 4.27. The fourth-order valence-corrected chi connectivity index (χ4v) is 1.88. The van der Waals surface area contributed by atoms with Crippen LogP contribution in [0.2, 0.25) is 19.6 Å². The topological polar surface area (TPSA) is 29.5 Å². The van der Waals surface area contributed by atoms with Gasteiger partial charge in [-0.2, -0.15) is 0 Å². The Bertz CT molecular complexity index is 412. The van der Waals surface area contributed by atoms with Crippen molar-refractivity contribution in [2.24, 2.45) is 0 Å². The van der Waals surface area contributed by atoms with Gasteiger partial charge in [0.25, 0.3) is 0 Å². The molecule has 0 spiro atoms. The zero-order valence-electron chi connectivity index (χ0n) is 11.6. The van der Waals surface area contributed by atoms with Gasteiger partial charge in [-0.15, -0.1) is 5.54 Å². The number of hydrogen-bond acceptors (Lipinski definition) is 2. The Balaban J connectivity index is 2.45. The van der Waals surface area contributed by atoms with E-state index in [0.717, 1.165) is 5.56 Å². The van der Waals surface area contributed by atoms with E-state index in [1.165, 1.54) is 0 Å². The third kappa shape index (κ3) is 6.01. The van der Waals surface area contributed by atoms with Crippen molar-refractivity contribution < 1.29 is 9.84 Å². The van der Waals surface area contributed by atoms with Gasteiger partial charge in [0.15, 0.2) is 0 Å². The number of aliphatic hydroxyl groups is 1. The molecular weight excluding hydrogens is 240 g/mol. The summed E-state index contributed by atoms with van der Waals surface area (Å²) in [6, 6.07) is 9.94. The second-order valence-corrected chi connectivity index (χ2v) is 10.2. The quantitative estimate of drug-likeness (QED) is 0.668. The second-order valence-electron chi connectivity index (χ2n) is 5.47. The Morgan fingerprint density at radius 2 is 1.83 bits per heavy atom. The average Bonchev–Trinajstić information content (AvgIpc) is 2.33. The lowest BCUT2D eigenvalue weighted by Gasteiger charge is -2.16. The molecule has 18 heavy (non-hydrogen) atoms. The summed E-state index contributed by atoms with van der Waals surface area (Å²) >= 11 is 0. The average molecular weight is 262 g/mol. The zero-order valence-corrected chi connectivity index (χ0v) is 12.6. The number of benzene rings is 1. The van der Waals surface area contributed by atoms with E-state index in [-0.39, 0.29) is 6.10 Å². The van der Waals surface area contributed by atoms with Crippen LogP contribution < -0.4 is 0 Å². The molecule has 2 nitrogen and oxygen atoms in total. The molecule has 0 aliphatic carbocycles. The monoisotopic (exact) mass is 262 g/mol. The van der Waals surface area contributed by atoms with E-state index in [1.807, 2.05) is 37.3 Å². The van der Waals surface area contributed by atoms with Gasteiger partial charge in [0.2, 0.25) is 0 Å². The highest BCUT2D eigenvalue weighted by molar-refractivity contribution is 6.83. The predicted molar refractivity (Wildman–Crippen MR) is 77.8 cm³/mol. The van der Waals surface area contributed by atoms with E-state index in [1.54, 1.807) is 0 Å². The van der Waals surface area contributed by atoms with Crippen molar-refractivity contribution in [3.8, 4) is 11.5 Å². The smallest absolute Gasteiger partial charge is 0.139 e. The summed E-state index contributed by atoms with van der Waals surface area (Å²) in [6.45, 7) is 8.83. The molecular formula is C15H22O2Si. The molecule has 2 atom stereocenters. The van der Waals surface area contributed by atoms with E-state index in [0.29, 0.717) is 6.61 Å². The highest BCUT2D eigenvalue weighted by Crippen LogP contribution is 2.06. The summed E-state index contributed by atoms with van der Waals surface area (Å²) in [5, 5.41) is 9.88. The van der Waals surface area contributed by atoms with Gasteiger partial charge in [-0.3, -0.25) is 0 Å². The molecule has 0 saturated carbocycles. The molecule has 1 N–H and O–H groups in total. The number of rotatable bonds is 4. The van der Waals surface area contributed by atoms with Crippen molar-refractivity contribution in [2.45, 2.75) is 45.4 Å². The first-order chi connectivity index (χ1) is 8.38. The van der Waals surface area contributed by atoms with Crippen LogP contribution in [0.5, 0.6) is 0 Å². The maximum absolute atomic E-state index is 9.88. The zero-order chi connectivity index (χ0) is 13.6. The van der Waals surface area contributed by atoms with Crippen LogP contribution in [-0.4, -0.2) is 25.4 Å². The summed E-state index contributed by atoms with van der Waals surface area (Å²) in [5.74, 6) is 2.90. The number of ether oxygens (including phenoxy) is 1. The third-order valence-corrected chi connectivity index (χ3v) is 3.29. The molecule has 0 radical (unpaired) electrons. The van der Waals surface area contributed by atoms with E-state index >= 15 is 0 Å². The van der Waals surface area contributed by atoms with Gasteiger partial charge in [-0.05, 0) is 12.5 Å². The summed E-state index contributed by atoms with van der Waals surface area (Å²) in [4.78, 5) is 0. The van der Waals surface area contributed by atoms with Gasteiger partial charge in [-0.1, -0.05) is 55.9 Å². The maximum Gasteiger partial charge on any atom is 0.139 e. The molecule has 1 rings (SSSR count). The fourth-order valence-electron chi connectivity index (χ4n) is 1.30. The Kier molecular flexibility index (Phi) is 5.61. The Morgan fingerprint density at radius 1 is 1.22 bits per heavy atom. The molecule has 0 aliphatic heterocycles. The predicted octanol–water partition coefficient (Wildman–Crippen LogP) is 2.83. The third-order valence-electron chi connectivity index (χ3n) is 2.40. The molecule has 0 aliphatic rings. The van der Waals surface area contributed by atoms with Crippen LogP contribution in [0, 0.1) is 11.5 Å². The van der Waals surface area contributed by atoms with Crippen LogP contribution in [0.15, 0.2) is 30.3 Å². The van der Waals surface area contributed by atoms with Crippen LogP contribution in [0.3, 0.4) is 0 Å². The summed E-state index contributed by atoms with van der Waals surface area (Å²) < 4.78 is 5.62. The van der Waals surface area contributed by atoms with Crippen molar-refractivity contribution in [3.63, 3.8) is 0 Å². The van der Waals surface area contributed by atoms with Gasteiger partial charge in [0.1, 0.15) is 14.2 Å². The number of aliphatic hydroxyl groups excluding tert-OH is 1. The van der Waals surface area contributed by atoms with E-state index in [4.69, 9.17) is 4.74 Å². The highest BCUT2D eigenvalue weighted by Gasteiger charge is 2.14. The Hall–Kier alpha value is -1.08. The highest BCUT2D eigenvalue weighted by atomic mass is 28.3. The van der Waals surface area contributed by atoms with Gasteiger partial charge in [0, 0.05) is 0 Å². The lowest BCUT2D eigenvalue weighted by molar-refractivity contribution is -0.0116. The SMILES string of the molecule is C[C@H](OCc1ccccc1)C(O)C#C[Si](C)(C)C. The van der Waals surface area contributed by atoms with Crippen molar-refractivity contribution in [1.29, 1.82) is 0 Å². The van der Waals surface area contributed by atoms with E-state index in [2.05, 4.69) is 31.1 Å². The van der Waals surface area contributed by atoms with Crippen LogP contribution >= 0.6 is 0 Å². The first-order valence-electron chi connectivity index (χ1n) is 6.25. The minimum absolute atomic E-state index is 0.269. The molecule has 0 saturated heterocycles. The van der Waals surface area contributed by atoms with E-state index < -0.39 is 14.2 Å². The van der Waals surface area contributed by atoms with Gasteiger partial charge in [0.05, 0.1) is 12.7 Å². The van der Waals surface area contributed by atoms with Crippen LogP contribution in [0.25, 0.3) is 0 Å². The van der Waals surface area contributed by atoms with Crippen LogP contribution in [-0.2, 0) is 11.3 Å². The minimum atomic E-state index is -1.43. The summed E-state index contributed by atoms with van der Waals surface area (Å²) in [7, 11) is -1.43. The molecule has 1 aromatic carbocycles. The van der Waals surface area contributed by atoms with Gasteiger partial charge < -0.3 is 9.84 Å². The molecule has 1 aromatic rings. The van der Waals surface area contributed by atoms with Crippen molar-refractivity contribution >= 4 is 8.07 Å². The first-order valence-corrected chi connectivity index (χ1v) is 9.75. The Labute approximate surface area is 111 Å². The molecule has 98 valence electrons. The first kappa shape index (κ1) is 15.0. The van der Waals surface area contributed by atoms with Crippen molar-refractivity contribution in [1.82, 2.24) is 0 Å². The summed E-state index contributed by atoms with van der Waals surface area (Å²) in [6.07, 6.45) is -0.977. The molecule has 0 amide bonds. The molecule has 0 bridgehead atoms. The Morgan fingerprint density at radius 3 is 2.39 bits per heavy atom. The van der Waals surface area contributed by atoms with Crippen molar-refractivity contribution in [2.75, 3.05) is 0 Å². The maximum atomic E-state index is 9.88. The van der Waals surface area contributed by atoms with Gasteiger partial charge >= 0.3 is 0 Å². The molecule has 0 heterocycles. The molecule has 1 unspecified atom stereocenters. The molecule has 0 aromatic heterocycles. The lowest BCUT2D eigenvalue weighted by Crippen LogP contribution is -2.26. The lowest BCUT2D eigenvalue weighted by atomic mass is 10.2. The molecule has 0 fully saturated rings. The molecule has 3 heteroatoms. The van der Waals surface area contributed by atoms with Crippen LogP contribution in [0.1, 0.15) is 12.5 Å². The van der Waals surface area contributed by atoms with Crippen LogP contribution in [0.4, 0.5) is 0 Å². The number of hydrogen-bond donors (Lipinski definition) is 1. The fraction of sp³-hybridized carbons (Fsp3) is 0.467.